The number of aryl methyl sites for hydroxylation is 3. The van der Waals surface area contributed by atoms with Crippen LogP contribution in [0, 0.1) is 20.8 Å². The van der Waals surface area contributed by atoms with E-state index in [4.69, 9.17) is 4.98 Å². The molecule has 234 valence electrons. The van der Waals surface area contributed by atoms with Gasteiger partial charge in [0.15, 0.2) is 0 Å². The summed E-state index contributed by atoms with van der Waals surface area (Å²) in [5.41, 5.74) is 15.8. The summed E-state index contributed by atoms with van der Waals surface area (Å²) >= 11 is 0. The smallest absolute Gasteiger partial charge is 0.0715 e. The predicted octanol–water partition coefficient (Wildman–Crippen LogP) is 13.1. The van der Waals surface area contributed by atoms with Crippen LogP contribution in [0.2, 0.25) is 0 Å². The van der Waals surface area contributed by atoms with Crippen LogP contribution in [0.15, 0.2) is 158 Å². The maximum Gasteiger partial charge on any atom is 0.0715 e. The van der Waals surface area contributed by atoms with E-state index in [0.717, 1.165) is 29.8 Å². The molecule has 0 spiro atoms. The molecule has 1 aromatic heterocycles. The van der Waals surface area contributed by atoms with Gasteiger partial charge in [-0.1, -0.05) is 152 Å². The molecule has 0 unspecified atom stereocenters. The molecule has 47 heavy (non-hydrogen) atoms. The average molecular weight is 612 g/mol. The number of nitrogens with zero attached hydrogens (tertiary/aromatic N) is 1. The molecule has 1 heteroatoms. The Bertz CT molecular complexity index is 1870. The minimum atomic E-state index is 1.03. The van der Waals surface area contributed by atoms with Gasteiger partial charge in [-0.3, -0.25) is 0 Å². The normalized spacial score (nSPS) is 11.8. The average Bonchev–Trinajstić information content (AvgIpc) is 3.13. The highest BCUT2D eigenvalue weighted by Gasteiger charge is 2.11. The lowest BCUT2D eigenvalue weighted by atomic mass is 9.95. The van der Waals surface area contributed by atoms with Gasteiger partial charge >= 0.3 is 0 Å². The molecular weight excluding hydrogens is 567 g/mol. The Labute approximate surface area is 282 Å². The van der Waals surface area contributed by atoms with Crippen molar-refractivity contribution in [1.82, 2.24) is 4.98 Å². The number of allylic oxidation sites excluding steroid dienone is 4. The first kappa shape index (κ1) is 33.1. The summed E-state index contributed by atoms with van der Waals surface area (Å²) in [5.74, 6) is 0. The Morgan fingerprint density at radius 1 is 0.404 bits per heavy atom. The Kier molecular flexibility index (Phi) is 11.5. The molecule has 7 rings (SSSR count). The van der Waals surface area contributed by atoms with E-state index in [1.807, 2.05) is 19.9 Å². The predicted molar refractivity (Wildman–Crippen MR) is 204 cm³/mol. The fourth-order valence-electron chi connectivity index (χ4n) is 5.93. The van der Waals surface area contributed by atoms with Crippen LogP contribution in [0.3, 0.4) is 0 Å². The third-order valence-corrected chi connectivity index (χ3v) is 8.03. The summed E-state index contributed by atoms with van der Waals surface area (Å²) in [6.45, 7) is 10.4. The monoisotopic (exact) mass is 611 g/mol. The van der Waals surface area contributed by atoms with Crippen LogP contribution in [-0.4, -0.2) is 4.98 Å². The molecule has 1 nitrogen and oxygen atoms in total. The van der Waals surface area contributed by atoms with Crippen LogP contribution < -0.4 is 0 Å². The first-order valence-corrected chi connectivity index (χ1v) is 16.8. The summed E-state index contributed by atoms with van der Waals surface area (Å²) in [6, 6.07) is 49.3. The van der Waals surface area contributed by atoms with Crippen molar-refractivity contribution >= 4 is 5.57 Å². The van der Waals surface area contributed by atoms with Crippen molar-refractivity contribution in [2.24, 2.45) is 0 Å². The minimum Gasteiger partial charge on any atom is -0.248 e. The maximum atomic E-state index is 5.00. The quantitative estimate of drug-likeness (QED) is 0.189. The highest BCUT2D eigenvalue weighted by molar-refractivity contribution is 5.81. The van der Waals surface area contributed by atoms with Crippen molar-refractivity contribution in [3.05, 3.63) is 180 Å². The van der Waals surface area contributed by atoms with E-state index in [9.17, 15) is 0 Å². The molecule has 0 atom stereocenters. The SMILES string of the molecule is CC.Cc1cc(-c2ccccc2)cc(-c2ccccc2)c1.Cc1cc(C)cc(-c2cc(C3=CCCC=C3)cc(-c3ccccc3)n2)c1. The largest absolute Gasteiger partial charge is 0.248 e. The zero-order valence-electron chi connectivity index (χ0n) is 28.4. The lowest BCUT2D eigenvalue weighted by Crippen LogP contribution is -1.94. The second kappa shape index (κ2) is 16.3. The van der Waals surface area contributed by atoms with Crippen LogP contribution in [0.5, 0.6) is 0 Å². The van der Waals surface area contributed by atoms with Crippen LogP contribution in [0.4, 0.5) is 0 Å². The molecule has 0 amide bonds. The standard InChI is InChI=1S/C25H23N.C19H16.C2H6/c1-18-13-19(2)15-23(14-18)25-17-22(20-9-5-3-6-10-20)16-24(26-25)21-11-7-4-8-12-21;1-15-12-18(16-8-4-2-5-9-16)14-19(13-15)17-10-6-3-7-11-17;1-2/h4-5,7-17H,3,6H2,1-2H3;2-14H,1H3;1-2H3. The molecule has 1 heterocycles. The van der Waals surface area contributed by atoms with Crippen molar-refractivity contribution in [3.63, 3.8) is 0 Å². The summed E-state index contributed by atoms with van der Waals surface area (Å²) in [4.78, 5) is 5.00. The molecule has 1 aliphatic rings. The molecular formula is C46H45N. The van der Waals surface area contributed by atoms with Gasteiger partial charge in [-0.25, -0.2) is 4.98 Å². The lowest BCUT2D eigenvalue weighted by molar-refractivity contribution is 1.04. The fraction of sp³-hybridized carbons (Fsp3) is 0.152. The third-order valence-electron chi connectivity index (χ3n) is 8.03. The van der Waals surface area contributed by atoms with Gasteiger partial charge in [-0.15, -0.1) is 0 Å². The Morgan fingerprint density at radius 2 is 0.851 bits per heavy atom. The van der Waals surface area contributed by atoms with E-state index < -0.39 is 0 Å². The molecule has 0 N–H and O–H groups in total. The van der Waals surface area contributed by atoms with Gasteiger partial charge < -0.3 is 0 Å². The summed E-state index contributed by atoms with van der Waals surface area (Å²) in [6.07, 6.45) is 9.06. The van der Waals surface area contributed by atoms with Crippen LogP contribution >= 0.6 is 0 Å². The van der Waals surface area contributed by atoms with Crippen molar-refractivity contribution in [3.8, 4) is 44.8 Å². The van der Waals surface area contributed by atoms with E-state index in [-0.39, 0.29) is 0 Å². The first-order valence-electron chi connectivity index (χ1n) is 16.8. The molecule has 0 fully saturated rings. The van der Waals surface area contributed by atoms with Gasteiger partial charge in [-0.2, -0.15) is 0 Å². The second-order valence-corrected chi connectivity index (χ2v) is 11.8. The highest BCUT2D eigenvalue weighted by Crippen LogP contribution is 2.31. The van der Waals surface area contributed by atoms with E-state index in [1.165, 1.54) is 55.6 Å². The number of benzene rings is 5. The zero-order valence-corrected chi connectivity index (χ0v) is 28.4. The summed E-state index contributed by atoms with van der Waals surface area (Å²) in [5, 5.41) is 0. The number of hydrogen-bond acceptors (Lipinski definition) is 1. The fourth-order valence-corrected chi connectivity index (χ4v) is 5.93. The Balaban J connectivity index is 0.000000183. The van der Waals surface area contributed by atoms with E-state index in [2.05, 4.69) is 172 Å². The molecule has 6 aromatic rings. The topological polar surface area (TPSA) is 12.9 Å². The van der Waals surface area contributed by atoms with Crippen LogP contribution in [0.25, 0.3) is 50.3 Å². The van der Waals surface area contributed by atoms with E-state index in [1.54, 1.807) is 0 Å². The van der Waals surface area contributed by atoms with Gasteiger partial charge in [0.2, 0.25) is 0 Å². The van der Waals surface area contributed by atoms with E-state index >= 15 is 0 Å². The first-order chi connectivity index (χ1) is 23.0. The molecule has 0 radical (unpaired) electrons. The Hall–Kier alpha value is -5.27. The number of hydrogen-bond donors (Lipinski definition) is 0. The molecule has 0 aliphatic heterocycles. The summed E-state index contributed by atoms with van der Waals surface area (Å²) in [7, 11) is 0. The number of pyridine rings is 1. The lowest BCUT2D eigenvalue weighted by Gasteiger charge is -2.13. The van der Waals surface area contributed by atoms with Crippen molar-refractivity contribution in [1.29, 1.82) is 0 Å². The second-order valence-electron chi connectivity index (χ2n) is 11.8. The van der Waals surface area contributed by atoms with Gasteiger partial charge in [0.05, 0.1) is 11.4 Å². The molecule has 1 aliphatic carbocycles. The zero-order chi connectivity index (χ0) is 33.0. The van der Waals surface area contributed by atoms with Gasteiger partial charge in [-0.05, 0) is 103 Å². The van der Waals surface area contributed by atoms with Gasteiger partial charge in [0, 0.05) is 11.1 Å². The number of aromatic nitrogens is 1. The molecule has 0 saturated carbocycles. The molecule has 0 saturated heterocycles. The van der Waals surface area contributed by atoms with Gasteiger partial charge in [0.1, 0.15) is 0 Å². The minimum absolute atomic E-state index is 1.03. The Morgan fingerprint density at radius 3 is 1.34 bits per heavy atom. The van der Waals surface area contributed by atoms with Crippen LogP contribution in [0.1, 0.15) is 48.9 Å². The van der Waals surface area contributed by atoms with Crippen molar-refractivity contribution < 1.29 is 0 Å². The van der Waals surface area contributed by atoms with E-state index in [0.29, 0.717) is 0 Å². The third kappa shape index (κ3) is 8.93. The summed E-state index contributed by atoms with van der Waals surface area (Å²) < 4.78 is 0. The maximum absolute atomic E-state index is 5.00. The number of rotatable bonds is 5. The highest BCUT2D eigenvalue weighted by atomic mass is 14.7. The van der Waals surface area contributed by atoms with Gasteiger partial charge in [0.25, 0.3) is 0 Å². The molecule has 0 bridgehead atoms. The van der Waals surface area contributed by atoms with Crippen molar-refractivity contribution in [2.75, 3.05) is 0 Å². The van der Waals surface area contributed by atoms with Crippen LogP contribution in [-0.2, 0) is 0 Å². The van der Waals surface area contributed by atoms with Crippen molar-refractivity contribution in [2.45, 2.75) is 47.5 Å². The molecule has 5 aromatic carbocycles.